The number of rotatable bonds is 6. The maximum atomic E-state index is 13.2. The normalized spacial score (nSPS) is 18.3. The number of hydrogen-bond donors (Lipinski definition) is 2. The van der Waals surface area contributed by atoms with E-state index in [1.54, 1.807) is 6.07 Å². The van der Waals surface area contributed by atoms with Crippen LogP contribution in [0.25, 0.3) is 0 Å². The average Bonchev–Trinajstić information content (AvgIpc) is 2.71. The summed E-state index contributed by atoms with van der Waals surface area (Å²) in [6.07, 6.45) is 3.36. The summed E-state index contributed by atoms with van der Waals surface area (Å²) >= 11 is 5.75. The molecule has 3 rings (SSSR count). The summed E-state index contributed by atoms with van der Waals surface area (Å²) in [5.41, 5.74) is 0.354. The van der Waals surface area contributed by atoms with Gasteiger partial charge in [0.1, 0.15) is 11.6 Å². The number of benzene rings is 1. The zero-order chi connectivity index (χ0) is 20.1. The standard InChI is InChI=1S/C19H22ClFN4O3.ClH/c1-27-17-10-16(24-19(25-17)28-2)22-12-4-6-13(7-5-12)23-18(26)11-3-8-15(21)14(20)9-11;/h3,8-10,12-13H,4-7H2,1-2H3,(H,23,26)(H,22,24,25);1H. The molecule has 2 aromatic rings. The van der Waals surface area contributed by atoms with Crippen LogP contribution in [-0.2, 0) is 0 Å². The lowest BCUT2D eigenvalue weighted by atomic mass is 9.91. The fourth-order valence-corrected chi connectivity index (χ4v) is 3.35. The molecule has 2 N–H and O–H groups in total. The fourth-order valence-electron chi connectivity index (χ4n) is 3.17. The molecular formula is C19H23Cl2FN4O3. The number of methoxy groups -OCH3 is 2. The minimum Gasteiger partial charge on any atom is -0.481 e. The van der Waals surface area contributed by atoms with E-state index in [0.29, 0.717) is 17.3 Å². The third-order valence-electron chi connectivity index (χ3n) is 4.67. The molecule has 1 aromatic carbocycles. The number of carbonyl (C=O) groups excluding carboxylic acids is 1. The number of halogens is 3. The molecule has 0 aliphatic heterocycles. The first-order chi connectivity index (χ1) is 13.5. The van der Waals surface area contributed by atoms with Gasteiger partial charge in [0.05, 0.1) is 19.2 Å². The summed E-state index contributed by atoms with van der Waals surface area (Å²) in [6.45, 7) is 0. The van der Waals surface area contributed by atoms with Crippen LogP contribution in [0.15, 0.2) is 24.3 Å². The first-order valence-electron chi connectivity index (χ1n) is 8.98. The number of anilines is 1. The molecule has 1 aliphatic carbocycles. The van der Waals surface area contributed by atoms with E-state index in [1.807, 2.05) is 0 Å². The monoisotopic (exact) mass is 444 g/mol. The van der Waals surface area contributed by atoms with E-state index < -0.39 is 5.82 Å². The van der Waals surface area contributed by atoms with Crippen molar-refractivity contribution in [2.75, 3.05) is 19.5 Å². The first kappa shape index (κ1) is 23.0. The van der Waals surface area contributed by atoms with Crippen LogP contribution in [0.2, 0.25) is 5.02 Å². The molecule has 1 fully saturated rings. The lowest BCUT2D eigenvalue weighted by Crippen LogP contribution is -2.40. The molecule has 0 atom stereocenters. The van der Waals surface area contributed by atoms with Crippen molar-refractivity contribution in [1.29, 1.82) is 0 Å². The molecule has 0 bridgehead atoms. The van der Waals surface area contributed by atoms with Crippen molar-refractivity contribution in [3.63, 3.8) is 0 Å². The lowest BCUT2D eigenvalue weighted by molar-refractivity contribution is 0.0926. The summed E-state index contributed by atoms with van der Waals surface area (Å²) in [5.74, 6) is 0.275. The Bertz CT molecular complexity index is 826. The number of ether oxygens (including phenoxy) is 2. The number of nitrogens with zero attached hydrogens (tertiary/aromatic N) is 2. The summed E-state index contributed by atoms with van der Waals surface area (Å²) in [5, 5.41) is 6.30. The molecule has 0 saturated heterocycles. The lowest BCUT2D eigenvalue weighted by Gasteiger charge is -2.30. The van der Waals surface area contributed by atoms with E-state index in [2.05, 4.69) is 20.6 Å². The van der Waals surface area contributed by atoms with Crippen molar-refractivity contribution < 1.29 is 18.7 Å². The molecule has 0 unspecified atom stereocenters. The van der Waals surface area contributed by atoms with Crippen molar-refractivity contribution in [1.82, 2.24) is 15.3 Å². The van der Waals surface area contributed by atoms with Gasteiger partial charge in [-0.3, -0.25) is 4.79 Å². The van der Waals surface area contributed by atoms with Crippen LogP contribution in [-0.4, -0.2) is 42.2 Å². The van der Waals surface area contributed by atoms with Gasteiger partial charge in [0.15, 0.2) is 0 Å². The number of hydrogen-bond acceptors (Lipinski definition) is 6. The minimum atomic E-state index is -0.539. The molecule has 1 amide bonds. The van der Waals surface area contributed by atoms with Crippen LogP contribution in [0, 0.1) is 5.82 Å². The van der Waals surface area contributed by atoms with Crippen LogP contribution >= 0.6 is 24.0 Å². The van der Waals surface area contributed by atoms with Crippen LogP contribution in [0.1, 0.15) is 36.0 Å². The van der Waals surface area contributed by atoms with E-state index >= 15 is 0 Å². The number of carbonyl (C=O) groups is 1. The predicted octanol–water partition coefficient (Wildman–Crippen LogP) is 3.86. The molecule has 29 heavy (non-hydrogen) atoms. The first-order valence-corrected chi connectivity index (χ1v) is 9.35. The molecule has 0 spiro atoms. The van der Waals surface area contributed by atoms with Gasteiger partial charge in [-0.25, -0.2) is 4.39 Å². The van der Waals surface area contributed by atoms with Gasteiger partial charge in [-0.2, -0.15) is 9.97 Å². The van der Waals surface area contributed by atoms with Gasteiger partial charge in [-0.15, -0.1) is 12.4 Å². The summed E-state index contributed by atoms with van der Waals surface area (Å²) < 4.78 is 23.5. The number of amides is 1. The summed E-state index contributed by atoms with van der Waals surface area (Å²) in [7, 11) is 3.04. The second kappa shape index (κ2) is 10.5. The molecule has 1 aliphatic rings. The zero-order valence-electron chi connectivity index (χ0n) is 16.1. The van der Waals surface area contributed by atoms with E-state index in [0.717, 1.165) is 25.7 Å². The molecule has 1 aromatic heterocycles. The van der Waals surface area contributed by atoms with Gasteiger partial charge < -0.3 is 20.1 Å². The highest BCUT2D eigenvalue weighted by Gasteiger charge is 2.23. The Labute approximate surface area is 179 Å². The highest BCUT2D eigenvalue weighted by molar-refractivity contribution is 6.31. The Kier molecular flexibility index (Phi) is 8.28. The smallest absolute Gasteiger partial charge is 0.321 e. The average molecular weight is 445 g/mol. The molecular weight excluding hydrogens is 422 g/mol. The molecule has 0 radical (unpaired) electrons. The third kappa shape index (κ3) is 6.08. The van der Waals surface area contributed by atoms with Gasteiger partial charge >= 0.3 is 6.01 Å². The van der Waals surface area contributed by atoms with Gasteiger partial charge in [-0.1, -0.05) is 11.6 Å². The summed E-state index contributed by atoms with van der Waals surface area (Å²) in [6, 6.07) is 6.20. The Balaban J connectivity index is 0.00000300. The molecule has 10 heteroatoms. The maximum absolute atomic E-state index is 13.2. The Hall–Kier alpha value is -2.32. The highest BCUT2D eigenvalue weighted by atomic mass is 35.5. The quantitative estimate of drug-likeness (QED) is 0.703. The predicted molar refractivity (Wildman–Crippen MR) is 111 cm³/mol. The van der Waals surface area contributed by atoms with Crippen LogP contribution < -0.4 is 20.1 Å². The Morgan fingerprint density at radius 3 is 2.41 bits per heavy atom. The van der Waals surface area contributed by atoms with Crippen LogP contribution in [0.4, 0.5) is 10.2 Å². The zero-order valence-corrected chi connectivity index (χ0v) is 17.6. The Morgan fingerprint density at radius 1 is 1.10 bits per heavy atom. The largest absolute Gasteiger partial charge is 0.481 e. The minimum absolute atomic E-state index is 0. The van der Waals surface area contributed by atoms with Gasteiger partial charge in [-0.05, 0) is 43.9 Å². The van der Waals surface area contributed by atoms with Crippen molar-refractivity contribution in [3.8, 4) is 11.9 Å². The second-order valence-corrected chi connectivity index (χ2v) is 6.98. The molecule has 1 saturated carbocycles. The number of aromatic nitrogens is 2. The highest BCUT2D eigenvalue weighted by Crippen LogP contribution is 2.24. The van der Waals surface area contributed by atoms with Crippen molar-refractivity contribution >= 4 is 35.7 Å². The van der Waals surface area contributed by atoms with Gasteiger partial charge in [0.2, 0.25) is 5.88 Å². The fraction of sp³-hybridized carbons (Fsp3) is 0.421. The number of nitrogens with one attached hydrogen (secondary N) is 2. The van der Waals surface area contributed by atoms with Crippen molar-refractivity contribution in [2.24, 2.45) is 0 Å². The van der Waals surface area contributed by atoms with E-state index in [1.165, 1.54) is 32.4 Å². The van der Waals surface area contributed by atoms with Gasteiger partial charge in [0.25, 0.3) is 5.91 Å². The van der Waals surface area contributed by atoms with Gasteiger partial charge in [0, 0.05) is 23.7 Å². The van der Waals surface area contributed by atoms with E-state index in [9.17, 15) is 9.18 Å². The van der Waals surface area contributed by atoms with E-state index in [-0.39, 0.29) is 41.4 Å². The van der Waals surface area contributed by atoms with E-state index in [4.69, 9.17) is 21.1 Å². The summed E-state index contributed by atoms with van der Waals surface area (Å²) in [4.78, 5) is 20.7. The third-order valence-corrected chi connectivity index (χ3v) is 4.96. The van der Waals surface area contributed by atoms with Crippen LogP contribution in [0.5, 0.6) is 11.9 Å². The SMILES string of the molecule is COc1cc(NC2CCC(NC(=O)c3ccc(F)c(Cl)c3)CC2)nc(OC)n1.Cl. The topological polar surface area (TPSA) is 85.4 Å². The van der Waals surface area contributed by atoms with Crippen LogP contribution in [0.3, 0.4) is 0 Å². The maximum Gasteiger partial charge on any atom is 0.321 e. The molecule has 7 nitrogen and oxygen atoms in total. The second-order valence-electron chi connectivity index (χ2n) is 6.58. The van der Waals surface area contributed by atoms with Crippen molar-refractivity contribution in [3.05, 3.63) is 40.7 Å². The Morgan fingerprint density at radius 2 is 1.79 bits per heavy atom. The molecule has 158 valence electrons. The van der Waals surface area contributed by atoms with Crippen molar-refractivity contribution in [2.45, 2.75) is 37.8 Å². The molecule has 1 heterocycles.